The quantitative estimate of drug-likeness (QED) is 0.132. The molecule has 0 saturated carbocycles. The van der Waals surface area contributed by atoms with Gasteiger partial charge in [-0.2, -0.15) is 15.0 Å². The van der Waals surface area contributed by atoms with Gasteiger partial charge in [0, 0.05) is 11.3 Å². The molecule has 0 radical (unpaired) electrons. The number of aromatic nitrogens is 3. The molecule has 11 heteroatoms. The summed E-state index contributed by atoms with van der Waals surface area (Å²) in [5.74, 6) is -0.311. The molecule has 1 heterocycles. The molecule has 9 nitrogen and oxygen atoms in total. The Balaban J connectivity index is 2.40. The lowest BCUT2D eigenvalue weighted by atomic mass is 9.85. The summed E-state index contributed by atoms with van der Waals surface area (Å²) in [7, 11) is -7.88. The van der Waals surface area contributed by atoms with Crippen molar-refractivity contribution in [1.82, 2.24) is 15.0 Å². The third kappa shape index (κ3) is 11.1. The Labute approximate surface area is 247 Å². The number of anilines is 2. The normalized spacial score (nSPS) is 12.5. The average molecular weight is 611 g/mol. The minimum absolute atomic E-state index is 0.159. The number of benzene rings is 1. The second kappa shape index (κ2) is 15.8. The fourth-order valence-corrected chi connectivity index (χ4v) is 7.05. The molecule has 0 spiro atoms. The van der Waals surface area contributed by atoms with Gasteiger partial charge in [0.15, 0.2) is 0 Å². The number of phenolic OH excluding ortho intramolecular Hbond substituents is 1. The minimum Gasteiger partial charge on any atom is -0.507 e. The minimum atomic E-state index is -3.94. The molecule has 0 aliphatic heterocycles. The molecule has 2 rings (SSSR count). The van der Waals surface area contributed by atoms with Crippen LogP contribution in [-0.2, 0) is 25.1 Å². The summed E-state index contributed by atoms with van der Waals surface area (Å²) in [5.41, 5.74) is 1.43. The first-order valence-electron chi connectivity index (χ1n) is 15.0. The number of hydrogen-bond acceptors (Lipinski definition) is 9. The molecule has 0 bridgehead atoms. The Bertz CT molecular complexity index is 1270. The van der Waals surface area contributed by atoms with Crippen LogP contribution in [0.15, 0.2) is 22.4 Å². The summed E-state index contributed by atoms with van der Waals surface area (Å²) >= 11 is 0. The van der Waals surface area contributed by atoms with Crippen LogP contribution in [0.3, 0.4) is 0 Å². The van der Waals surface area contributed by atoms with E-state index in [2.05, 4.69) is 34.1 Å². The third-order valence-corrected chi connectivity index (χ3v) is 10.2. The average Bonchev–Trinajstić information content (AvgIpc) is 2.89. The van der Waals surface area contributed by atoms with Gasteiger partial charge in [-0.3, -0.25) is 0 Å². The van der Waals surface area contributed by atoms with E-state index in [-0.39, 0.29) is 28.6 Å². The number of nitrogens with zero attached hydrogens (tertiary/aromatic N) is 3. The zero-order chi connectivity index (χ0) is 30.7. The number of unbranched alkanes of at least 4 members (excludes halogenated alkanes) is 10. The van der Waals surface area contributed by atoms with E-state index >= 15 is 0 Å². The van der Waals surface area contributed by atoms with Crippen molar-refractivity contribution in [2.45, 2.75) is 134 Å². The Hall–Kier alpha value is -2.27. The molecule has 0 saturated heterocycles. The Kier molecular flexibility index (Phi) is 13.5. The van der Waals surface area contributed by atoms with Crippen LogP contribution in [0, 0.1) is 6.92 Å². The topological polar surface area (TPSA) is 139 Å². The van der Waals surface area contributed by atoms with Crippen molar-refractivity contribution in [3.8, 4) is 5.75 Å². The largest absolute Gasteiger partial charge is 0.507 e. The van der Waals surface area contributed by atoms with E-state index in [1.165, 1.54) is 0 Å². The van der Waals surface area contributed by atoms with E-state index in [4.69, 9.17) is 0 Å². The van der Waals surface area contributed by atoms with Crippen LogP contribution < -0.4 is 5.32 Å². The van der Waals surface area contributed by atoms with Gasteiger partial charge >= 0.3 is 0 Å². The van der Waals surface area contributed by atoms with E-state index in [9.17, 15) is 21.9 Å². The lowest BCUT2D eigenvalue weighted by molar-refractivity contribution is 0.443. The van der Waals surface area contributed by atoms with Crippen molar-refractivity contribution in [3.05, 3.63) is 23.3 Å². The number of aryl methyl sites for hydroxylation is 1. The first-order chi connectivity index (χ1) is 19.2. The number of rotatable bonds is 18. The maximum absolute atomic E-state index is 13.2. The fourth-order valence-electron chi connectivity index (χ4n) is 4.55. The predicted molar refractivity (Wildman–Crippen MR) is 166 cm³/mol. The van der Waals surface area contributed by atoms with Gasteiger partial charge in [0.25, 0.3) is 10.3 Å². The number of hydrogen-bond donors (Lipinski definition) is 2. The summed E-state index contributed by atoms with van der Waals surface area (Å²) in [6, 6.07) is 3.42. The van der Waals surface area contributed by atoms with Crippen LogP contribution in [0.25, 0.3) is 0 Å². The highest BCUT2D eigenvalue weighted by molar-refractivity contribution is 7.91. The highest BCUT2D eigenvalue weighted by atomic mass is 32.2. The van der Waals surface area contributed by atoms with Crippen LogP contribution in [0.4, 0.5) is 11.6 Å². The Morgan fingerprint density at radius 2 is 1.15 bits per heavy atom. The van der Waals surface area contributed by atoms with E-state index in [1.807, 2.05) is 20.8 Å². The number of sulfone groups is 2. The second-order valence-corrected chi connectivity index (χ2v) is 16.0. The van der Waals surface area contributed by atoms with Gasteiger partial charge in [0.05, 0.1) is 11.5 Å². The summed E-state index contributed by atoms with van der Waals surface area (Å²) in [6.07, 6.45) is 10.9. The summed E-state index contributed by atoms with van der Waals surface area (Å²) in [6.45, 7) is 11.9. The van der Waals surface area contributed by atoms with Crippen molar-refractivity contribution in [2.24, 2.45) is 0 Å². The van der Waals surface area contributed by atoms with Crippen LogP contribution in [-0.4, -0.2) is 48.4 Å². The van der Waals surface area contributed by atoms with Crippen LogP contribution in [0.2, 0.25) is 0 Å². The van der Waals surface area contributed by atoms with E-state index in [0.29, 0.717) is 29.7 Å². The highest BCUT2D eigenvalue weighted by Gasteiger charge is 2.27. The first-order valence-corrected chi connectivity index (χ1v) is 18.3. The van der Waals surface area contributed by atoms with Gasteiger partial charge in [-0.25, -0.2) is 16.8 Å². The molecule has 232 valence electrons. The molecule has 2 N–H and O–H groups in total. The summed E-state index contributed by atoms with van der Waals surface area (Å²) < 4.78 is 53.0. The lowest BCUT2D eigenvalue weighted by Crippen LogP contribution is -2.19. The molecule has 1 aromatic carbocycles. The maximum atomic E-state index is 13.2. The molecule has 1 aromatic heterocycles. The number of phenols is 1. The zero-order valence-corrected chi connectivity index (χ0v) is 27.4. The van der Waals surface area contributed by atoms with Crippen LogP contribution >= 0.6 is 0 Å². The lowest BCUT2D eigenvalue weighted by Gasteiger charge is -2.22. The smallest absolute Gasteiger partial charge is 0.253 e. The molecule has 0 aliphatic carbocycles. The molecule has 0 atom stereocenters. The van der Waals surface area contributed by atoms with Crippen molar-refractivity contribution in [1.29, 1.82) is 0 Å². The SMILES string of the molecule is CCCCCCCCS(=O)(=O)c1nc(Nc2cc(C)c(O)c(C(C)(C)C)c2)nc(S(=O)(=O)CCCCCCCC)n1. The van der Waals surface area contributed by atoms with Crippen molar-refractivity contribution in [3.63, 3.8) is 0 Å². The van der Waals surface area contributed by atoms with E-state index in [0.717, 1.165) is 64.2 Å². The molecule has 0 fully saturated rings. The first kappa shape index (κ1) is 34.9. The molecule has 0 unspecified atom stereocenters. The molecule has 0 aliphatic rings. The highest BCUT2D eigenvalue weighted by Crippen LogP contribution is 2.36. The Morgan fingerprint density at radius 1 is 0.707 bits per heavy atom. The summed E-state index contributed by atoms with van der Waals surface area (Å²) in [4.78, 5) is 12.3. The van der Waals surface area contributed by atoms with E-state index in [1.54, 1.807) is 19.1 Å². The third-order valence-electron chi connectivity index (χ3n) is 7.05. The molecule has 41 heavy (non-hydrogen) atoms. The van der Waals surface area contributed by atoms with Gasteiger partial charge in [-0.15, -0.1) is 0 Å². The predicted octanol–water partition coefficient (Wildman–Crippen LogP) is 7.20. The maximum Gasteiger partial charge on any atom is 0.253 e. The van der Waals surface area contributed by atoms with E-state index < -0.39 is 30.0 Å². The number of nitrogens with one attached hydrogen (secondary N) is 1. The van der Waals surface area contributed by atoms with Gasteiger partial charge in [0.2, 0.25) is 25.6 Å². The van der Waals surface area contributed by atoms with Gasteiger partial charge < -0.3 is 10.4 Å². The van der Waals surface area contributed by atoms with Gasteiger partial charge in [0.1, 0.15) is 5.75 Å². The summed E-state index contributed by atoms with van der Waals surface area (Å²) in [5, 5.41) is 12.5. The Morgan fingerprint density at radius 3 is 1.59 bits per heavy atom. The van der Waals surface area contributed by atoms with Crippen LogP contribution in [0.1, 0.15) is 123 Å². The zero-order valence-electron chi connectivity index (χ0n) is 25.8. The van der Waals surface area contributed by atoms with Gasteiger partial charge in [-0.1, -0.05) is 98.8 Å². The van der Waals surface area contributed by atoms with Crippen molar-refractivity contribution in [2.75, 3.05) is 16.8 Å². The standard InChI is InChI=1S/C30H50N4O5S2/c1-7-9-11-13-15-17-19-40(36,37)28-32-27(31-24-21-23(3)26(35)25(22-24)30(4,5)6)33-29(34-28)41(38,39)20-18-16-14-12-10-8-2/h21-22,35H,7-20H2,1-6H3,(H,31,32,33,34). The molecule has 2 aromatic rings. The van der Waals surface area contributed by atoms with Gasteiger partial charge in [-0.05, 0) is 42.9 Å². The van der Waals surface area contributed by atoms with Crippen molar-refractivity contribution >= 4 is 31.3 Å². The second-order valence-electron chi connectivity index (χ2n) is 12.0. The fraction of sp³-hybridized carbons (Fsp3) is 0.700. The van der Waals surface area contributed by atoms with Crippen LogP contribution in [0.5, 0.6) is 5.75 Å². The molecular weight excluding hydrogens is 560 g/mol. The molecular formula is C30H50N4O5S2. The number of aromatic hydroxyl groups is 1. The monoisotopic (exact) mass is 610 g/mol. The molecule has 0 amide bonds. The van der Waals surface area contributed by atoms with Crippen molar-refractivity contribution < 1.29 is 21.9 Å².